The molecule has 0 aromatic rings. The molecule has 0 aromatic carbocycles. The van der Waals surface area contributed by atoms with Crippen LogP contribution in [0.4, 0.5) is 0 Å². The molecule has 1 heterocycles. The largest absolute Gasteiger partial charge is 0.317 e. The van der Waals surface area contributed by atoms with Crippen LogP contribution >= 0.6 is 0 Å². The molecule has 0 bridgehead atoms. The lowest BCUT2D eigenvalue weighted by Gasteiger charge is -2.30. The minimum absolute atomic E-state index is 0.268. The third kappa shape index (κ3) is 5.27. The van der Waals surface area contributed by atoms with Crippen LogP contribution in [0.25, 0.3) is 0 Å². The van der Waals surface area contributed by atoms with Gasteiger partial charge in [-0.05, 0) is 53.1 Å². The van der Waals surface area contributed by atoms with Crippen LogP contribution in [-0.4, -0.2) is 24.7 Å². The lowest BCUT2D eigenvalue weighted by molar-refractivity contribution is 0.313. The van der Waals surface area contributed by atoms with Crippen LogP contribution in [0.2, 0.25) is 0 Å². The van der Waals surface area contributed by atoms with Crippen LogP contribution in [0.3, 0.4) is 0 Å². The molecule has 1 saturated heterocycles. The Bertz CT molecular complexity index is 130. The minimum Gasteiger partial charge on any atom is -0.317 e. The maximum atomic E-state index is 3.69. The molecule has 1 aliphatic rings. The molecule has 1 unspecified atom stereocenters. The zero-order valence-corrected chi connectivity index (χ0v) is 9.32. The molecule has 13 heavy (non-hydrogen) atoms. The average Bonchev–Trinajstić information content (AvgIpc) is 1.92. The molecule has 0 amide bonds. The predicted octanol–water partition coefficient (Wildman–Crippen LogP) is 1.91. The first kappa shape index (κ1) is 11.0. The summed E-state index contributed by atoms with van der Waals surface area (Å²) >= 11 is 0. The second-order valence-electron chi connectivity index (χ2n) is 5.13. The summed E-state index contributed by atoms with van der Waals surface area (Å²) < 4.78 is 0. The van der Waals surface area contributed by atoms with Gasteiger partial charge in [0.1, 0.15) is 0 Å². The molecule has 1 atom stereocenters. The minimum atomic E-state index is 0.268. The van der Waals surface area contributed by atoms with E-state index in [9.17, 15) is 0 Å². The van der Waals surface area contributed by atoms with Crippen molar-refractivity contribution in [3.63, 3.8) is 0 Å². The lowest BCUT2D eigenvalue weighted by Crippen LogP contribution is -2.45. The van der Waals surface area contributed by atoms with E-state index in [0.29, 0.717) is 6.04 Å². The van der Waals surface area contributed by atoms with Crippen LogP contribution < -0.4 is 10.6 Å². The fourth-order valence-corrected chi connectivity index (χ4v) is 1.94. The van der Waals surface area contributed by atoms with E-state index in [4.69, 9.17) is 0 Å². The fraction of sp³-hybridized carbons (Fsp3) is 1.00. The zero-order valence-electron chi connectivity index (χ0n) is 9.32. The van der Waals surface area contributed by atoms with Gasteiger partial charge in [0.25, 0.3) is 0 Å². The van der Waals surface area contributed by atoms with E-state index in [1.807, 2.05) is 0 Å². The summed E-state index contributed by atoms with van der Waals surface area (Å²) in [5.41, 5.74) is 0.268. The third-order valence-electron chi connectivity index (χ3n) is 2.46. The van der Waals surface area contributed by atoms with Crippen molar-refractivity contribution in [2.75, 3.05) is 13.1 Å². The Morgan fingerprint density at radius 3 is 2.54 bits per heavy atom. The van der Waals surface area contributed by atoms with Crippen molar-refractivity contribution in [3.05, 3.63) is 0 Å². The van der Waals surface area contributed by atoms with Crippen molar-refractivity contribution in [1.29, 1.82) is 0 Å². The van der Waals surface area contributed by atoms with Crippen LogP contribution in [0.1, 0.15) is 46.5 Å². The molecule has 2 N–H and O–H groups in total. The SMILES string of the molecule is CC(C)(C)NC1CCCCNCC1. The van der Waals surface area contributed by atoms with Gasteiger partial charge in [0.2, 0.25) is 0 Å². The van der Waals surface area contributed by atoms with Gasteiger partial charge in [0, 0.05) is 11.6 Å². The Balaban J connectivity index is 2.29. The van der Waals surface area contributed by atoms with E-state index < -0.39 is 0 Å². The number of nitrogens with one attached hydrogen (secondary N) is 2. The monoisotopic (exact) mass is 184 g/mol. The second kappa shape index (κ2) is 4.97. The van der Waals surface area contributed by atoms with Crippen molar-refractivity contribution in [2.45, 2.75) is 58.0 Å². The van der Waals surface area contributed by atoms with Crippen molar-refractivity contribution in [2.24, 2.45) is 0 Å². The Kier molecular flexibility index (Phi) is 4.20. The fourth-order valence-electron chi connectivity index (χ4n) is 1.94. The van der Waals surface area contributed by atoms with E-state index in [2.05, 4.69) is 31.4 Å². The molecule has 1 rings (SSSR count). The van der Waals surface area contributed by atoms with Crippen molar-refractivity contribution in [3.8, 4) is 0 Å². The summed E-state index contributed by atoms with van der Waals surface area (Å²) in [6.45, 7) is 9.13. The van der Waals surface area contributed by atoms with Gasteiger partial charge >= 0.3 is 0 Å². The molecule has 0 aliphatic carbocycles. The van der Waals surface area contributed by atoms with Crippen LogP contribution in [0.15, 0.2) is 0 Å². The summed E-state index contributed by atoms with van der Waals surface area (Å²) in [7, 11) is 0. The molecule has 0 saturated carbocycles. The average molecular weight is 184 g/mol. The van der Waals surface area contributed by atoms with Gasteiger partial charge in [-0.15, -0.1) is 0 Å². The molecule has 1 fully saturated rings. The first-order valence-electron chi connectivity index (χ1n) is 5.56. The van der Waals surface area contributed by atoms with E-state index in [0.717, 1.165) is 0 Å². The van der Waals surface area contributed by atoms with Gasteiger partial charge < -0.3 is 10.6 Å². The highest BCUT2D eigenvalue weighted by atomic mass is 15.0. The van der Waals surface area contributed by atoms with E-state index in [1.54, 1.807) is 0 Å². The summed E-state index contributed by atoms with van der Waals surface area (Å²) in [6.07, 6.45) is 5.32. The molecule has 2 nitrogen and oxygen atoms in total. The summed E-state index contributed by atoms with van der Waals surface area (Å²) in [4.78, 5) is 0. The number of hydrogen-bond acceptors (Lipinski definition) is 2. The lowest BCUT2D eigenvalue weighted by atomic mass is 10.00. The standard InChI is InChI=1S/C11H24N2/c1-11(2,3)13-10-6-4-5-8-12-9-7-10/h10,12-13H,4-9H2,1-3H3. The molecule has 1 aliphatic heterocycles. The van der Waals surface area contributed by atoms with Crippen LogP contribution in [0.5, 0.6) is 0 Å². The topological polar surface area (TPSA) is 24.1 Å². The van der Waals surface area contributed by atoms with E-state index >= 15 is 0 Å². The molecule has 0 spiro atoms. The summed E-state index contributed by atoms with van der Waals surface area (Å²) in [5.74, 6) is 0. The number of hydrogen-bond donors (Lipinski definition) is 2. The van der Waals surface area contributed by atoms with Crippen molar-refractivity contribution in [1.82, 2.24) is 10.6 Å². The Labute approximate surface area is 82.5 Å². The van der Waals surface area contributed by atoms with Gasteiger partial charge in [0.15, 0.2) is 0 Å². The Morgan fingerprint density at radius 2 is 1.85 bits per heavy atom. The van der Waals surface area contributed by atoms with Gasteiger partial charge in [-0.1, -0.05) is 6.42 Å². The highest BCUT2D eigenvalue weighted by Gasteiger charge is 2.17. The van der Waals surface area contributed by atoms with Gasteiger partial charge in [-0.3, -0.25) is 0 Å². The summed E-state index contributed by atoms with van der Waals surface area (Å²) in [6, 6.07) is 0.716. The first-order valence-corrected chi connectivity index (χ1v) is 5.56. The number of rotatable bonds is 1. The molecule has 78 valence electrons. The normalized spacial score (nSPS) is 26.5. The Hall–Kier alpha value is -0.0800. The predicted molar refractivity (Wildman–Crippen MR) is 58.0 cm³/mol. The molecule has 0 aromatic heterocycles. The van der Waals surface area contributed by atoms with Crippen molar-refractivity contribution < 1.29 is 0 Å². The van der Waals surface area contributed by atoms with Crippen molar-refractivity contribution >= 4 is 0 Å². The van der Waals surface area contributed by atoms with E-state index in [1.165, 1.54) is 38.8 Å². The molecular formula is C11H24N2. The van der Waals surface area contributed by atoms with Gasteiger partial charge in [0.05, 0.1) is 0 Å². The summed E-state index contributed by atoms with van der Waals surface area (Å²) in [5, 5.41) is 7.15. The highest BCUT2D eigenvalue weighted by molar-refractivity contribution is 4.79. The van der Waals surface area contributed by atoms with Crippen LogP contribution in [0, 0.1) is 0 Å². The van der Waals surface area contributed by atoms with Gasteiger partial charge in [-0.2, -0.15) is 0 Å². The maximum Gasteiger partial charge on any atom is 0.00991 e. The molecule has 0 radical (unpaired) electrons. The second-order valence-corrected chi connectivity index (χ2v) is 5.13. The highest BCUT2D eigenvalue weighted by Crippen LogP contribution is 2.11. The smallest absolute Gasteiger partial charge is 0.00991 e. The van der Waals surface area contributed by atoms with Gasteiger partial charge in [-0.25, -0.2) is 0 Å². The first-order chi connectivity index (χ1) is 6.08. The third-order valence-corrected chi connectivity index (χ3v) is 2.46. The van der Waals surface area contributed by atoms with E-state index in [-0.39, 0.29) is 5.54 Å². The zero-order chi connectivity index (χ0) is 9.73. The molecule has 2 heteroatoms. The molecular weight excluding hydrogens is 160 g/mol. The maximum absolute atomic E-state index is 3.69. The quantitative estimate of drug-likeness (QED) is 0.650. The Morgan fingerprint density at radius 1 is 1.08 bits per heavy atom. The van der Waals surface area contributed by atoms with Crippen LogP contribution in [-0.2, 0) is 0 Å².